The molecule has 0 saturated carbocycles. The molecule has 100 valence electrons. The van der Waals surface area contributed by atoms with E-state index in [9.17, 15) is 13.6 Å². The van der Waals surface area contributed by atoms with Crippen molar-refractivity contribution < 1.29 is 18.0 Å². The van der Waals surface area contributed by atoms with Gasteiger partial charge in [0, 0.05) is 11.1 Å². The first kappa shape index (κ1) is 12.3. The van der Waals surface area contributed by atoms with E-state index in [-0.39, 0.29) is 17.0 Å². The molecule has 1 heterocycles. The standard InChI is InChI=1S/C15H9F2NO2/c16-9-2-4-13-8(5-9)6-14(20-13)15(19)11-7-10(17)1-3-12(11)18/h1-7H,18H2. The maximum Gasteiger partial charge on any atom is 0.230 e. The number of hydrogen-bond acceptors (Lipinski definition) is 3. The number of nitrogen functional groups attached to an aromatic ring is 1. The summed E-state index contributed by atoms with van der Waals surface area (Å²) in [5.41, 5.74) is 6.21. The van der Waals surface area contributed by atoms with Crippen molar-refractivity contribution in [3.8, 4) is 0 Å². The molecule has 3 rings (SSSR count). The summed E-state index contributed by atoms with van der Waals surface area (Å²) in [5.74, 6) is -1.55. The highest BCUT2D eigenvalue weighted by atomic mass is 19.1. The Morgan fingerprint density at radius 2 is 1.70 bits per heavy atom. The largest absolute Gasteiger partial charge is 0.453 e. The monoisotopic (exact) mass is 273 g/mol. The van der Waals surface area contributed by atoms with Crippen LogP contribution < -0.4 is 5.73 Å². The van der Waals surface area contributed by atoms with Crippen LogP contribution in [0.25, 0.3) is 11.0 Å². The third-order valence-corrected chi connectivity index (χ3v) is 2.96. The van der Waals surface area contributed by atoms with Gasteiger partial charge in [0.1, 0.15) is 17.2 Å². The van der Waals surface area contributed by atoms with Gasteiger partial charge in [0.15, 0.2) is 5.76 Å². The Morgan fingerprint density at radius 1 is 1.00 bits per heavy atom. The first-order valence-corrected chi connectivity index (χ1v) is 5.83. The van der Waals surface area contributed by atoms with Crippen LogP contribution in [0.2, 0.25) is 0 Å². The van der Waals surface area contributed by atoms with E-state index in [0.29, 0.717) is 11.0 Å². The minimum Gasteiger partial charge on any atom is -0.453 e. The molecule has 0 amide bonds. The fourth-order valence-corrected chi connectivity index (χ4v) is 1.98. The predicted octanol–water partition coefficient (Wildman–Crippen LogP) is 3.52. The van der Waals surface area contributed by atoms with Crippen LogP contribution in [0.15, 0.2) is 46.9 Å². The number of nitrogens with two attached hydrogens (primary N) is 1. The summed E-state index contributed by atoms with van der Waals surface area (Å²) in [4.78, 5) is 12.2. The second kappa shape index (κ2) is 4.45. The molecule has 1 aromatic heterocycles. The van der Waals surface area contributed by atoms with Crippen molar-refractivity contribution >= 4 is 22.4 Å². The van der Waals surface area contributed by atoms with E-state index in [2.05, 4.69) is 0 Å². The van der Waals surface area contributed by atoms with Crippen LogP contribution in [-0.2, 0) is 0 Å². The smallest absolute Gasteiger partial charge is 0.230 e. The quantitative estimate of drug-likeness (QED) is 0.574. The number of ketones is 1. The second-order valence-corrected chi connectivity index (χ2v) is 4.35. The van der Waals surface area contributed by atoms with Crippen molar-refractivity contribution in [1.29, 1.82) is 0 Å². The highest BCUT2D eigenvalue weighted by molar-refractivity contribution is 6.11. The minimum absolute atomic E-state index is 0.0112. The van der Waals surface area contributed by atoms with Crippen molar-refractivity contribution in [2.45, 2.75) is 0 Å². The molecule has 0 saturated heterocycles. The summed E-state index contributed by atoms with van der Waals surface area (Å²) in [6.07, 6.45) is 0. The molecule has 0 bridgehead atoms. The lowest BCUT2D eigenvalue weighted by Crippen LogP contribution is -2.04. The van der Waals surface area contributed by atoms with Gasteiger partial charge in [-0.05, 0) is 42.5 Å². The lowest BCUT2D eigenvalue weighted by Gasteiger charge is -2.02. The van der Waals surface area contributed by atoms with Gasteiger partial charge >= 0.3 is 0 Å². The van der Waals surface area contributed by atoms with E-state index >= 15 is 0 Å². The van der Waals surface area contributed by atoms with Crippen LogP contribution in [-0.4, -0.2) is 5.78 Å². The Kier molecular flexibility index (Phi) is 2.75. The first-order chi connectivity index (χ1) is 9.54. The van der Waals surface area contributed by atoms with E-state index in [4.69, 9.17) is 10.2 Å². The number of fused-ring (bicyclic) bond motifs is 1. The van der Waals surface area contributed by atoms with E-state index in [1.807, 2.05) is 0 Å². The predicted molar refractivity (Wildman–Crippen MR) is 70.4 cm³/mol. The molecule has 5 heteroatoms. The van der Waals surface area contributed by atoms with Gasteiger partial charge in [-0.3, -0.25) is 4.79 Å². The van der Waals surface area contributed by atoms with Gasteiger partial charge in [0.05, 0.1) is 5.56 Å². The van der Waals surface area contributed by atoms with Crippen LogP contribution in [0, 0.1) is 11.6 Å². The molecule has 0 aliphatic rings. The molecular weight excluding hydrogens is 264 g/mol. The topological polar surface area (TPSA) is 56.2 Å². The molecule has 2 aromatic carbocycles. The number of halogens is 2. The third-order valence-electron chi connectivity index (χ3n) is 2.96. The van der Waals surface area contributed by atoms with Gasteiger partial charge in [-0.15, -0.1) is 0 Å². The summed E-state index contributed by atoms with van der Waals surface area (Å²) in [6.45, 7) is 0. The number of furan rings is 1. The number of benzene rings is 2. The van der Waals surface area contributed by atoms with Crippen molar-refractivity contribution in [3.63, 3.8) is 0 Å². The minimum atomic E-state index is -0.565. The van der Waals surface area contributed by atoms with Gasteiger partial charge < -0.3 is 10.2 Å². The van der Waals surface area contributed by atoms with Gasteiger partial charge in [0.2, 0.25) is 5.78 Å². The average molecular weight is 273 g/mol. The van der Waals surface area contributed by atoms with Crippen LogP contribution >= 0.6 is 0 Å². The molecule has 0 spiro atoms. The first-order valence-electron chi connectivity index (χ1n) is 5.83. The fraction of sp³-hybridized carbons (Fsp3) is 0. The van der Waals surface area contributed by atoms with Crippen LogP contribution in [0.4, 0.5) is 14.5 Å². The highest BCUT2D eigenvalue weighted by Crippen LogP contribution is 2.24. The maximum absolute atomic E-state index is 13.2. The van der Waals surface area contributed by atoms with Crippen molar-refractivity contribution in [1.82, 2.24) is 0 Å². The van der Waals surface area contributed by atoms with Gasteiger partial charge in [-0.1, -0.05) is 0 Å². The Balaban J connectivity index is 2.10. The molecule has 0 unspecified atom stereocenters. The maximum atomic E-state index is 13.2. The molecule has 0 fully saturated rings. The molecule has 2 N–H and O–H groups in total. The fourth-order valence-electron chi connectivity index (χ4n) is 1.98. The van der Waals surface area contributed by atoms with Crippen molar-refractivity contribution in [2.24, 2.45) is 0 Å². The van der Waals surface area contributed by atoms with Gasteiger partial charge in [-0.2, -0.15) is 0 Å². The number of anilines is 1. The number of rotatable bonds is 2. The van der Waals surface area contributed by atoms with Crippen molar-refractivity contribution in [3.05, 3.63) is 65.4 Å². The molecule has 20 heavy (non-hydrogen) atoms. The summed E-state index contributed by atoms with van der Waals surface area (Å²) >= 11 is 0. The lowest BCUT2D eigenvalue weighted by molar-refractivity contribution is 0.101. The second-order valence-electron chi connectivity index (χ2n) is 4.35. The number of carbonyl (C=O) groups excluding carboxylic acids is 1. The van der Waals surface area contributed by atoms with Crippen LogP contribution in [0.5, 0.6) is 0 Å². The van der Waals surface area contributed by atoms with Crippen LogP contribution in [0.3, 0.4) is 0 Å². The molecular formula is C15H9F2NO2. The molecule has 3 nitrogen and oxygen atoms in total. The molecule has 0 aliphatic heterocycles. The van der Waals surface area contributed by atoms with E-state index in [1.54, 1.807) is 0 Å². The van der Waals surface area contributed by atoms with Gasteiger partial charge in [-0.25, -0.2) is 8.78 Å². The summed E-state index contributed by atoms with van der Waals surface area (Å²) in [5, 5.41) is 0.461. The Hall–Kier alpha value is -2.69. The van der Waals surface area contributed by atoms with E-state index < -0.39 is 17.4 Å². The molecule has 3 aromatic rings. The summed E-state index contributed by atoms with van der Waals surface area (Å²) in [6, 6.07) is 8.85. The van der Waals surface area contributed by atoms with E-state index in [1.165, 1.54) is 36.4 Å². The van der Waals surface area contributed by atoms with Gasteiger partial charge in [0.25, 0.3) is 0 Å². The summed E-state index contributed by atoms with van der Waals surface area (Å²) in [7, 11) is 0. The summed E-state index contributed by atoms with van der Waals surface area (Å²) < 4.78 is 31.6. The average Bonchev–Trinajstić information content (AvgIpc) is 2.83. The number of carbonyl (C=O) groups is 1. The number of hydrogen-bond donors (Lipinski definition) is 1. The SMILES string of the molecule is Nc1ccc(F)cc1C(=O)c1cc2cc(F)ccc2o1. The Morgan fingerprint density at radius 3 is 2.50 bits per heavy atom. The highest BCUT2D eigenvalue weighted by Gasteiger charge is 2.18. The Labute approximate surface area is 112 Å². The molecule has 0 aliphatic carbocycles. The Bertz CT molecular complexity index is 824. The lowest BCUT2D eigenvalue weighted by atomic mass is 10.1. The molecule has 0 radical (unpaired) electrons. The van der Waals surface area contributed by atoms with Crippen LogP contribution in [0.1, 0.15) is 16.1 Å². The molecule has 0 atom stereocenters. The zero-order chi connectivity index (χ0) is 14.3. The zero-order valence-electron chi connectivity index (χ0n) is 10.2. The third kappa shape index (κ3) is 2.03. The zero-order valence-corrected chi connectivity index (χ0v) is 10.2. The van der Waals surface area contributed by atoms with E-state index in [0.717, 1.165) is 6.07 Å². The van der Waals surface area contributed by atoms with Crippen molar-refractivity contribution in [2.75, 3.05) is 5.73 Å². The normalized spacial score (nSPS) is 10.9.